The van der Waals surface area contributed by atoms with Crippen molar-refractivity contribution in [2.75, 3.05) is 0 Å². The van der Waals surface area contributed by atoms with Gasteiger partial charge in [0, 0.05) is 6.21 Å². The number of nitrogens with zero attached hydrogens (tertiary/aromatic N) is 1. The third kappa shape index (κ3) is 6.92. The fraction of sp³-hybridized carbons (Fsp3) is 0.519. The van der Waals surface area contributed by atoms with Crippen LogP contribution in [-0.2, 0) is 29.2 Å². The van der Waals surface area contributed by atoms with Gasteiger partial charge in [-0.2, -0.15) is 0 Å². The third-order valence-electron chi connectivity index (χ3n) is 8.39. The van der Waals surface area contributed by atoms with Crippen molar-refractivity contribution in [2.24, 2.45) is 22.7 Å². The van der Waals surface area contributed by atoms with Crippen molar-refractivity contribution in [1.82, 2.24) is 0 Å². The number of hydrogen-bond donors (Lipinski definition) is 0. The maximum absolute atomic E-state index is 13.6. The summed E-state index contributed by atoms with van der Waals surface area (Å²) in [5, 5.41) is 26.2. The largest absolute Gasteiger partial charge is 5.00 e. The Labute approximate surface area is 247 Å². The summed E-state index contributed by atoms with van der Waals surface area (Å²) in [5.74, 6) is 2.58. The van der Waals surface area contributed by atoms with E-state index in [4.69, 9.17) is 0 Å². The molecule has 3 nitrogen and oxygen atoms in total. The summed E-state index contributed by atoms with van der Waals surface area (Å²) in [4.78, 5) is 4.67. The molecule has 0 amide bonds. The van der Waals surface area contributed by atoms with Crippen LogP contribution in [-0.4, -0.2) is 36.7 Å². The van der Waals surface area contributed by atoms with E-state index in [9.17, 15) is 10.2 Å². The first-order valence-corrected chi connectivity index (χ1v) is 11.6. The second-order valence-corrected chi connectivity index (χ2v) is 10.6. The molecule has 1 radical (unpaired) electrons. The van der Waals surface area contributed by atoms with Crippen molar-refractivity contribution >= 4 is 30.6 Å². The molecule has 38 heavy (non-hydrogen) atoms. The Morgan fingerprint density at radius 2 is 1.39 bits per heavy atom. The molecule has 4 bridgehead atoms. The minimum Gasteiger partial charge on any atom is -1.00 e. The van der Waals surface area contributed by atoms with Crippen molar-refractivity contribution in [3.63, 3.8) is 0 Å². The van der Waals surface area contributed by atoms with Gasteiger partial charge in [-0.15, -0.1) is 0 Å². The molecule has 2 aromatic rings. The summed E-state index contributed by atoms with van der Waals surface area (Å²) in [6.07, 6.45) is 9.15. The number of fused-ring (bicyclic) bond motifs is 1. The van der Waals surface area contributed by atoms with E-state index in [1.807, 2.05) is 30.3 Å². The predicted octanol–water partition coefficient (Wildman–Crippen LogP) is -14.4. The molecule has 4 saturated carbocycles. The first-order chi connectivity index (χ1) is 14.5. The number of hydrogen-bond acceptors (Lipinski definition) is 3. The van der Waals surface area contributed by atoms with Crippen LogP contribution in [0.2, 0.25) is 0 Å². The van der Waals surface area contributed by atoms with Crippen molar-refractivity contribution in [3.05, 3.63) is 64.2 Å². The van der Waals surface area contributed by atoms with Crippen LogP contribution in [0.4, 0.5) is 0 Å². The number of halogens is 6. The summed E-state index contributed by atoms with van der Waals surface area (Å²) in [7, 11) is 0. The molecule has 2 atom stereocenters. The van der Waals surface area contributed by atoms with E-state index in [1.54, 1.807) is 6.21 Å². The van der Waals surface area contributed by atoms with E-state index in [-0.39, 0.29) is 87.2 Å². The molecule has 5 aliphatic rings. The molecule has 207 valence electrons. The van der Waals surface area contributed by atoms with Crippen LogP contribution in [0, 0.1) is 24.7 Å². The van der Waals surface area contributed by atoms with Gasteiger partial charge in [0.05, 0.1) is 6.04 Å². The van der Waals surface area contributed by atoms with Gasteiger partial charge in [-0.05, 0) is 97.3 Å². The molecule has 4 fully saturated rings. The minimum atomic E-state index is -0.763. The zero-order valence-electron chi connectivity index (χ0n) is 20.8. The second kappa shape index (κ2) is 15.6. The Kier molecular flexibility index (Phi) is 16.9. The fourth-order valence-electron chi connectivity index (χ4n) is 7.61. The van der Waals surface area contributed by atoms with Gasteiger partial charge in [0.15, 0.2) is 0 Å². The summed E-state index contributed by atoms with van der Waals surface area (Å²) < 4.78 is 0. The van der Waals surface area contributed by atoms with Crippen molar-refractivity contribution in [1.29, 1.82) is 0 Å². The van der Waals surface area contributed by atoms with E-state index >= 15 is 0 Å². The molecule has 11 heteroatoms. The van der Waals surface area contributed by atoms with E-state index in [0.717, 1.165) is 40.0 Å². The molecule has 0 heterocycles. The predicted molar refractivity (Wildman–Crippen MR) is 120 cm³/mol. The monoisotopic (exact) mass is 686 g/mol. The van der Waals surface area contributed by atoms with E-state index in [2.05, 4.69) is 18.0 Å². The number of rotatable bonds is 3. The van der Waals surface area contributed by atoms with Gasteiger partial charge in [-0.1, -0.05) is 53.8 Å². The van der Waals surface area contributed by atoms with Crippen LogP contribution in [0.3, 0.4) is 0 Å². The fourth-order valence-corrected chi connectivity index (χ4v) is 7.61. The van der Waals surface area contributed by atoms with Crippen LogP contribution >= 0.6 is 0 Å². The van der Waals surface area contributed by atoms with Crippen molar-refractivity contribution in [2.45, 2.75) is 69.4 Å². The minimum absolute atomic E-state index is 0. The van der Waals surface area contributed by atoms with Gasteiger partial charge >= 0.3 is 41.8 Å². The molecule has 0 spiro atoms. The maximum atomic E-state index is 13.6. The van der Waals surface area contributed by atoms with Crippen LogP contribution in [0.1, 0.15) is 72.4 Å². The molecule has 2 aromatic carbocycles. The van der Waals surface area contributed by atoms with Crippen LogP contribution in [0.25, 0.3) is 0 Å². The number of aliphatic imine (C=N–C) groups is 1. The molecule has 0 unspecified atom stereocenters. The maximum Gasteiger partial charge on any atom is 5.00 e. The Hall–Kier alpha value is -1.20. The van der Waals surface area contributed by atoms with Crippen molar-refractivity contribution in [3.8, 4) is 5.75 Å². The summed E-state index contributed by atoms with van der Waals surface area (Å²) in [5.41, 5.74) is 5.04. The van der Waals surface area contributed by atoms with E-state index < -0.39 is 6.10 Å². The molecule has 0 N–H and O–H groups in total. The topological polar surface area (TPSA) is 58.5 Å². The second-order valence-electron chi connectivity index (χ2n) is 10.6. The Morgan fingerprint density at radius 1 is 0.868 bits per heavy atom. The average molecular weight is 687 g/mol. The first kappa shape index (κ1) is 41.3. The molecule has 0 saturated heterocycles. The molecule has 0 aromatic heterocycles. The van der Waals surface area contributed by atoms with Gasteiger partial charge in [0.25, 0.3) is 0 Å². The Bertz CT molecular complexity index is 1020. The zero-order valence-corrected chi connectivity index (χ0v) is 24.6. The summed E-state index contributed by atoms with van der Waals surface area (Å²) in [6.45, 7) is 2.09. The molecular weight excluding hydrogens is 658 g/mol. The normalized spacial score (nSPS) is 28.8. The van der Waals surface area contributed by atoms with E-state index in [0.29, 0.717) is 12.0 Å². The van der Waals surface area contributed by atoms with E-state index in [1.165, 1.54) is 38.5 Å². The summed E-state index contributed by atoms with van der Waals surface area (Å²) >= 11 is 0. The molecular formula is C27H29CrF6NO2Sb. The van der Waals surface area contributed by atoms with Gasteiger partial charge < -0.3 is 38.4 Å². The smallest absolute Gasteiger partial charge is 1.00 e. The van der Waals surface area contributed by atoms with Crippen LogP contribution < -0.4 is 38.4 Å². The third-order valence-corrected chi connectivity index (χ3v) is 8.39. The average Bonchev–Trinajstić information content (AvgIpc) is 3.02. The van der Waals surface area contributed by atoms with Gasteiger partial charge in [0.2, 0.25) is 0 Å². The standard InChI is InChI=1S/C27H30NO2.Cr.6FH.Sb/c1-16-6-21(15-28-25-22-5-3-2-4-20(22)11-24(25)29)26(30)23(7-16)27-12-17-8-18(13-27)10-19(9-17)14-27;;;;;;;;/h2-7,15,17-19,24-25,30H,8-14H2,1H3;;6*1H;/q-1;+3;;;;;;;+5/p-7/t17?,18?,19?,24-,25+,27?;;;;;;;;/m0......../s1. The molecule has 0 aliphatic heterocycles. The van der Waals surface area contributed by atoms with Gasteiger partial charge in [-0.3, -0.25) is 4.99 Å². The van der Waals surface area contributed by atoms with Gasteiger partial charge in [-0.25, -0.2) is 0 Å². The summed E-state index contributed by atoms with van der Waals surface area (Å²) in [6, 6.07) is 11.7. The van der Waals surface area contributed by atoms with Crippen molar-refractivity contribution < 1.29 is 55.8 Å². The molecule has 5 aliphatic carbocycles. The van der Waals surface area contributed by atoms with Crippen LogP contribution in [0.5, 0.6) is 5.75 Å². The van der Waals surface area contributed by atoms with Crippen LogP contribution in [0.15, 0.2) is 41.4 Å². The Balaban J connectivity index is -0.00000153. The van der Waals surface area contributed by atoms with Gasteiger partial charge in [0.1, 0.15) is 0 Å². The SMILES string of the molecule is Cc1cc(C=N[C@@H]2c3ccccc3C[C@@H]2[O-])c([O-])c(C23CC4CC(CC(C4)C2)C3)c1.[Cr+3].[F-].[F-].[F-].[F-].[F-].[F-].[Sb+5]. The zero-order chi connectivity index (χ0) is 20.5. The number of benzene rings is 2. The molecule has 7 rings (SSSR count). The quantitative estimate of drug-likeness (QED) is 0.183. The first-order valence-electron chi connectivity index (χ1n) is 11.6. The number of aryl methyl sites for hydroxylation is 1. The Morgan fingerprint density at radius 3 is 1.95 bits per heavy atom.